The summed E-state index contributed by atoms with van der Waals surface area (Å²) in [6, 6.07) is 0. The minimum absolute atomic E-state index is 0.119. The molecule has 1 aromatic rings. The quantitative estimate of drug-likeness (QED) is 0.816. The Labute approximate surface area is 144 Å². The molecular weight excluding hydrogens is 334 g/mol. The zero-order chi connectivity index (χ0) is 16.3. The van der Waals surface area contributed by atoms with Crippen molar-refractivity contribution in [3.8, 4) is 0 Å². The van der Waals surface area contributed by atoms with Crippen LogP contribution in [-0.4, -0.2) is 83.6 Å². The maximum absolute atomic E-state index is 12.7. The van der Waals surface area contributed by atoms with Crippen LogP contribution in [0.3, 0.4) is 0 Å². The Morgan fingerprint density at radius 3 is 2.96 bits per heavy atom. The summed E-state index contributed by atoms with van der Waals surface area (Å²) >= 11 is 3.01. The molecule has 2 saturated heterocycles. The maximum atomic E-state index is 12.7. The lowest BCUT2D eigenvalue weighted by Crippen LogP contribution is -2.53. The highest BCUT2D eigenvalue weighted by Crippen LogP contribution is 2.23. The molecule has 0 spiro atoms. The third-order valence-electron chi connectivity index (χ3n) is 4.24. The summed E-state index contributed by atoms with van der Waals surface area (Å²) in [5.41, 5.74) is -0.542. The molecule has 0 radical (unpaired) electrons. The van der Waals surface area contributed by atoms with Crippen molar-refractivity contribution in [3.05, 3.63) is 11.1 Å². The highest BCUT2D eigenvalue weighted by Gasteiger charge is 2.37. The smallest absolute Gasteiger partial charge is 0.273 e. The molecular formula is C15H23N3O3S2. The number of β-amino-alcohol motifs (C(OH)–C–C–N with tert-alkyl or cyclic N) is 1. The number of nitrogens with zero attached hydrogens (tertiary/aromatic N) is 3. The van der Waals surface area contributed by atoms with Gasteiger partial charge in [-0.1, -0.05) is 11.8 Å². The van der Waals surface area contributed by atoms with Gasteiger partial charge in [0, 0.05) is 18.5 Å². The molecule has 1 atom stereocenters. The van der Waals surface area contributed by atoms with E-state index in [0.29, 0.717) is 31.9 Å². The van der Waals surface area contributed by atoms with Crippen LogP contribution in [0.4, 0.5) is 0 Å². The van der Waals surface area contributed by atoms with Crippen molar-refractivity contribution < 1.29 is 14.6 Å². The first-order chi connectivity index (χ1) is 11.1. The van der Waals surface area contributed by atoms with Crippen molar-refractivity contribution in [1.82, 2.24) is 14.8 Å². The van der Waals surface area contributed by atoms with Gasteiger partial charge in [-0.05, 0) is 32.2 Å². The van der Waals surface area contributed by atoms with Gasteiger partial charge in [0.1, 0.15) is 15.6 Å². The molecule has 128 valence electrons. The van der Waals surface area contributed by atoms with Crippen LogP contribution in [0.15, 0.2) is 9.72 Å². The lowest BCUT2D eigenvalue weighted by atomic mass is 10.0. The maximum Gasteiger partial charge on any atom is 0.273 e. The average Bonchev–Trinajstić information content (AvgIpc) is 3.17. The Hall–Kier alpha value is -0.670. The number of rotatable bonds is 4. The van der Waals surface area contributed by atoms with Gasteiger partial charge < -0.3 is 19.6 Å². The van der Waals surface area contributed by atoms with Crippen molar-refractivity contribution in [2.24, 2.45) is 0 Å². The fourth-order valence-electron chi connectivity index (χ4n) is 3.15. The monoisotopic (exact) mass is 357 g/mol. The zero-order valence-corrected chi connectivity index (χ0v) is 15.0. The molecule has 0 unspecified atom stereocenters. The Morgan fingerprint density at radius 2 is 2.26 bits per heavy atom. The Kier molecular flexibility index (Phi) is 5.58. The Bertz CT molecular complexity index is 548. The van der Waals surface area contributed by atoms with Gasteiger partial charge in [-0.15, -0.1) is 11.3 Å². The third-order valence-corrected chi connectivity index (χ3v) is 6.11. The molecule has 2 aliphatic rings. The fourth-order valence-corrected chi connectivity index (χ4v) is 4.39. The zero-order valence-electron chi connectivity index (χ0n) is 13.4. The number of carbonyl (C=O) groups is 1. The number of carbonyl (C=O) groups excluding carboxylic acids is 1. The fraction of sp³-hybridized carbons (Fsp3) is 0.733. The van der Waals surface area contributed by atoms with E-state index in [1.54, 1.807) is 10.3 Å². The molecule has 1 amide bonds. The molecule has 23 heavy (non-hydrogen) atoms. The third kappa shape index (κ3) is 4.24. The summed E-state index contributed by atoms with van der Waals surface area (Å²) < 4.78 is 6.45. The van der Waals surface area contributed by atoms with E-state index in [4.69, 9.17) is 4.74 Å². The van der Waals surface area contributed by atoms with Crippen molar-refractivity contribution in [1.29, 1.82) is 0 Å². The highest BCUT2D eigenvalue weighted by molar-refractivity contribution is 8.00. The molecule has 1 aromatic heterocycles. The first-order valence-electron chi connectivity index (χ1n) is 7.91. The van der Waals surface area contributed by atoms with Gasteiger partial charge in [-0.3, -0.25) is 4.79 Å². The van der Waals surface area contributed by atoms with Crippen LogP contribution < -0.4 is 0 Å². The predicted molar refractivity (Wildman–Crippen MR) is 91.2 cm³/mol. The first-order valence-corrected chi connectivity index (χ1v) is 10.0. The largest absolute Gasteiger partial charge is 0.384 e. The highest BCUT2D eigenvalue weighted by atomic mass is 32.2. The van der Waals surface area contributed by atoms with Crippen LogP contribution in [0.25, 0.3) is 0 Å². The molecule has 6 nitrogen and oxygen atoms in total. The number of thiazole rings is 1. The molecule has 0 bridgehead atoms. The van der Waals surface area contributed by atoms with E-state index >= 15 is 0 Å². The van der Waals surface area contributed by atoms with Crippen molar-refractivity contribution in [2.75, 3.05) is 52.2 Å². The average molecular weight is 358 g/mol. The van der Waals surface area contributed by atoms with E-state index < -0.39 is 5.60 Å². The van der Waals surface area contributed by atoms with E-state index in [1.165, 1.54) is 35.9 Å². The summed E-state index contributed by atoms with van der Waals surface area (Å²) in [5.74, 6) is -0.119. The predicted octanol–water partition coefficient (Wildman–Crippen LogP) is 1.16. The van der Waals surface area contributed by atoms with Crippen LogP contribution in [0.5, 0.6) is 0 Å². The summed E-state index contributed by atoms with van der Waals surface area (Å²) in [5, 5.41) is 12.7. The summed E-state index contributed by atoms with van der Waals surface area (Å²) in [4.78, 5) is 21.0. The second-order valence-electron chi connectivity index (χ2n) is 6.19. The Balaban J connectivity index is 1.69. The first kappa shape index (κ1) is 17.2. The molecule has 3 heterocycles. The van der Waals surface area contributed by atoms with Crippen LogP contribution in [0.1, 0.15) is 23.3 Å². The standard InChI is InChI=1S/C15H23N3O3S2/c1-22-14-16-12(8-23-14)13(19)18-6-7-21-11-15(20,10-18)9-17-4-2-3-5-17/h8,20H,2-7,9-11H2,1H3/t15-/m0/s1. The van der Waals surface area contributed by atoms with Crippen molar-refractivity contribution in [3.63, 3.8) is 0 Å². The van der Waals surface area contributed by atoms with E-state index in [1.807, 2.05) is 6.26 Å². The normalized spacial score (nSPS) is 26.4. The van der Waals surface area contributed by atoms with Gasteiger partial charge in [0.15, 0.2) is 0 Å². The second-order valence-corrected chi connectivity index (χ2v) is 8.10. The van der Waals surface area contributed by atoms with Crippen LogP contribution >= 0.6 is 23.1 Å². The van der Waals surface area contributed by atoms with Crippen molar-refractivity contribution >= 4 is 29.0 Å². The Morgan fingerprint density at radius 1 is 1.48 bits per heavy atom. The molecule has 0 saturated carbocycles. The molecule has 2 aliphatic heterocycles. The van der Waals surface area contributed by atoms with Gasteiger partial charge in [0.25, 0.3) is 5.91 Å². The van der Waals surface area contributed by atoms with Crippen LogP contribution in [0, 0.1) is 0 Å². The van der Waals surface area contributed by atoms with Gasteiger partial charge in [0.05, 0.1) is 19.8 Å². The minimum Gasteiger partial charge on any atom is -0.384 e. The summed E-state index contributed by atoms with van der Waals surface area (Å²) in [6.45, 7) is 4.11. The molecule has 0 aliphatic carbocycles. The summed E-state index contributed by atoms with van der Waals surface area (Å²) in [7, 11) is 0. The van der Waals surface area contributed by atoms with E-state index in [2.05, 4.69) is 9.88 Å². The number of thioether (sulfide) groups is 1. The van der Waals surface area contributed by atoms with E-state index in [9.17, 15) is 9.90 Å². The molecule has 1 N–H and O–H groups in total. The topological polar surface area (TPSA) is 65.9 Å². The number of likely N-dealkylation sites (tertiary alicyclic amines) is 1. The van der Waals surface area contributed by atoms with Crippen LogP contribution in [-0.2, 0) is 4.74 Å². The molecule has 0 aromatic carbocycles. The van der Waals surface area contributed by atoms with E-state index in [0.717, 1.165) is 17.4 Å². The van der Waals surface area contributed by atoms with Gasteiger partial charge in [0.2, 0.25) is 0 Å². The lowest BCUT2D eigenvalue weighted by molar-refractivity contribution is -0.0524. The SMILES string of the molecule is CSc1nc(C(=O)N2CCOC[C@](O)(CN3CCCC3)C2)cs1. The van der Waals surface area contributed by atoms with Crippen LogP contribution in [0.2, 0.25) is 0 Å². The number of aliphatic hydroxyl groups is 1. The minimum atomic E-state index is -1.01. The van der Waals surface area contributed by atoms with Gasteiger partial charge >= 0.3 is 0 Å². The number of hydrogen-bond acceptors (Lipinski definition) is 7. The summed E-state index contributed by atoms with van der Waals surface area (Å²) in [6.07, 6.45) is 4.30. The number of ether oxygens (including phenoxy) is 1. The number of hydrogen-bond donors (Lipinski definition) is 1. The molecule has 2 fully saturated rings. The van der Waals surface area contributed by atoms with Crippen molar-refractivity contribution in [2.45, 2.75) is 22.8 Å². The van der Waals surface area contributed by atoms with Gasteiger partial charge in [-0.25, -0.2) is 4.98 Å². The van der Waals surface area contributed by atoms with E-state index in [-0.39, 0.29) is 12.5 Å². The number of amides is 1. The molecule has 3 rings (SSSR count). The second kappa shape index (κ2) is 7.48. The molecule has 8 heteroatoms. The number of aromatic nitrogens is 1. The lowest BCUT2D eigenvalue weighted by Gasteiger charge is -2.33. The van der Waals surface area contributed by atoms with Gasteiger partial charge in [-0.2, -0.15) is 0 Å².